The van der Waals surface area contributed by atoms with E-state index < -0.39 is 17.5 Å². The molecule has 0 aliphatic heterocycles. The highest BCUT2D eigenvalue weighted by Crippen LogP contribution is 2.48. The predicted octanol–water partition coefficient (Wildman–Crippen LogP) is 6.90. The Labute approximate surface area is 207 Å². The van der Waals surface area contributed by atoms with Gasteiger partial charge in [-0.1, -0.05) is 78.9 Å². The van der Waals surface area contributed by atoms with E-state index in [9.17, 15) is 14.7 Å². The first-order valence-electron chi connectivity index (χ1n) is 11.4. The minimum Gasteiger partial charge on any atom is -0.481 e. The van der Waals surface area contributed by atoms with Crippen LogP contribution in [0.25, 0.3) is 22.3 Å². The van der Waals surface area contributed by atoms with Crippen LogP contribution in [0.1, 0.15) is 37.0 Å². The van der Waals surface area contributed by atoms with Crippen LogP contribution < -0.4 is 5.32 Å². The monoisotopic (exact) mass is 484 g/mol. The molecule has 1 unspecified atom stereocenters. The van der Waals surface area contributed by atoms with Gasteiger partial charge in [0.15, 0.2) is 0 Å². The molecule has 1 aliphatic carbocycles. The predicted molar refractivity (Wildman–Crippen MR) is 136 cm³/mol. The van der Waals surface area contributed by atoms with Gasteiger partial charge in [-0.2, -0.15) is 4.37 Å². The molecule has 4 aromatic rings. The second-order valence-corrected chi connectivity index (χ2v) is 9.50. The Balaban J connectivity index is 1.27. The van der Waals surface area contributed by atoms with Crippen molar-refractivity contribution in [2.24, 2.45) is 0 Å². The molecule has 1 saturated carbocycles. The van der Waals surface area contributed by atoms with Crippen molar-refractivity contribution >= 4 is 28.6 Å². The Morgan fingerprint density at radius 3 is 2.14 bits per heavy atom. The summed E-state index contributed by atoms with van der Waals surface area (Å²) in [6.45, 7) is 1.83. The number of carboxylic acids is 1. The molecule has 35 heavy (non-hydrogen) atoms. The van der Waals surface area contributed by atoms with Gasteiger partial charge < -0.3 is 9.84 Å². The average Bonchev–Trinajstić information content (AvgIpc) is 3.58. The number of hydrogen-bond donors (Lipinski definition) is 2. The fourth-order valence-electron chi connectivity index (χ4n) is 4.19. The number of carbonyl (C=O) groups is 2. The second kappa shape index (κ2) is 9.35. The third-order valence-electron chi connectivity index (χ3n) is 6.46. The van der Waals surface area contributed by atoms with Gasteiger partial charge in [-0.3, -0.25) is 10.1 Å². The Morgan fingerprint density at radius 2 is 1.54 bits per heavy atom. The fourth-order valence-corrected chi connectivity index (χ4v) is 4.85. The van der Waals surface area contributed by atoms with Crippen molar-refractivity contribution < 1.29 is 19.4 Å². The van der Waals surface area contributed by atoms with E-state index in [2.05, 4.69) is 9.69 Å². The average molecular weight is 485 g/mol. The molecule has 0 spiro atoms. The lowest BCUT2D eigenvalue weighted by molar-refractivity contribution is -0.140. The second-order valence-electron chi connectivity index (χ2n) is 8.69. The highest BCUT2D eigenvalue weighted by atomic mass is 32.1. The lowest BCUT2D eigenvalue weighted by Crippen LogP contribution is -2.19. The number of ether oxygens (including phenoxy) is 1. The Kier molecular flexibility index (Phi) is 6.09. The maximum Gasteiger partial charge on any atom is 0.412 e. The van der Waals surface area contributed by atoms with E-state index >= 15 is 0 Å². The highest BCUT2D eigenvalue weighted by Gasteiger charge is 2.51. The van der Waals surface area contributed by atoms with Gasteiger partial charge in [-0.25, -0.2) is 4.79 Å². The van der Waals surface area contributed by atoms with Crippen molar-refractivity contribution in [3.05, 3.63) is 96.2 Å². The number of nitrogens with one attached hydrogen (secondary N) is 1. The zero-order chi connectivity index (χ0) is 24.4. The molecule has 1 aliphatic rings. The van der Waals surface area contributed by atoms with Gasteiger partial charge >= 0.3 is 12.1 Å². The summed E-state index contributed by atoms with van der Waals surface area (Å²) in [4.78, 5) is 24.0. The van der Waals surface area contributed by atoms with E-state index in [1.165, 1.54) is 11.5 Å². The lowest BCUT2D eigenvalue weighted by atomic mass is 9.93. The minimum absolute atomic E-state index is 0.372. The van der Waals surface area contributed by atoms with Crippen molar-refractivity contribution in [1.29, 1.82) is 0 Å². The number of hydrogen-bond acceptors (Lipinski definition) is 5. The molecule has 0 radical (unpaired) electrons. The Morgan fingerprint density at radius 1 is 0.943 bits per heavy atom. The summed E-state index contributed by atoms with van der Waals surface area (Å²) in [5.74, 6) is -0.748. The molecule has 2 N–H and O–H groups in total. The maximum atomic E-state index is 12.5. The number of anilines is 1. The number of benzene rings is 3. The molecule has 1 amide bonds. The number of aliphatic carboxylic acids is 1. The lowest BCUT2D eigenvalue weighted by Gasteiger charge is -2.14. The van der Waals surface area contributed by atoms with Crippen LogP contribution in [0.3, 0.4) is 0 Å². The fraction of sp³-hybridized carbons (Fsp3) is 0.179. The first-order chi connectivity index (χ1) is 17.0. The van der Waals surface area contributed by atoms with Crippen LogP contribution in [0.4, 0.5) is 9.80 Å². The van der Waals surface area contributed by atoms with Crippen LogP contribution in [0, 0.1) is 0 Å². The summed E-state index contributed by atoms with van der Waals surface area (Å²) in [5, 5.41) is 12.9. The number of nitrogens with zero attached hydrogens (tertiary/aromatic N) is 1. The van der Waals surface area contributed by atoms with Crippen molar-refractivity contribution in [2.45, 2.75) is 31.3 Å². The first kappa shape index (κ1) is 22.8. The number of aromatic nitrogens is 1. The summed E-state index contributed by atoms with van der Waals surface area (Å²) in [7, 11) is 0. The highest BCUT2D eigenvalue weighted by molar-refractivity contribution is 7.11. The molecule has 0 saturated heterocycles. The van der Waals surface area contributed by atoms with Crippen molar-refractivity contribution in [2.75, 3.05) is 5.32 Å². The van der Waals surface area contributed by atoms with Crippen LogP contribution >= 0.6 is 11.5 Å². The zero-order valence-electron chi connectivity index (χ0n) is 19.1. The van der Waals surface area contributed by atoms with Crippen LogP contribution in [0.5, 0.6) is 0 Å². The molecule has 176 valence electrons. The van der Waals surface area contributed by atoms with Gasteiger partial charge in [0.1, 0.15) is 11.1 Å². The van der Waals surface area contributed by atoms with Crippen LogP contribution in [0.2, 0.25) is 0 Å². The van der Waals surface area contributed by atoms with Crippen LogP contribution in [-0.4, -0.2) is 21.5 Å². The molecule has 1 fully saturated rings. The summed E-state index contributed by atoms with van der Waals surface area (Å²) in [5.41, 5.74) is 4.87. The SMILES string of the molecule is CC(OC(=O)Nc1sncc1-c1ccc(-c2ccc(C3(C(=O)O)CC3)cc2)cc1)c1ccccc1. The van der Waals surface area contributed by atoms with E-state index in [4.69, 9.17) is 4.74 Å². The van der Waals surface area contributed by atoms with E-state index in [0.717, 1.165) is 33.4 Å². The molecule has 6 nitrogen and oxygen atoms in total. The number of rotatable bonds is 7. The third kappa shape index (κ3) is 4.68. The van der Waals surface area contributed by atoms with E-state index in [1.54, 1.807) is 6.20 Å². The minimum atomic E-state index is -0.748. The maximum absolute atomic E-state index is 12.5. The molecule has 1 aromatic heterocycles. The van der Waals surface area contributed by atoms with Gasteiger partial charge in [-0.05, 0) is 59.1 Å². The van der Waals surface area contributed by atoms with E-state index in [0.29, 0.717) is 17.8 Å². The smallest absolute Gasteiger partial charge is 0.412 e. The standard InChI is InChI=1S/C28H24N2O4S/c1-18(19-5-3-2-4-6-19)34-27(33)30-25-24(17-29-35-25)22-9-7-20(8-10-22)21-11-13-23(14-12-21)28(15-16-28)26(31)32/h2-14,17-18H,15-16H2,1H3,(H,30,33)(H,31,32). The van der Waals surface area contributed by atoms with Crippen molar-refractivity contribution in [1.82, 2.24) is 4.37 Å². The molecule has 1 heterocycles. The molecular formula is C28H24N2O4S. The van der Waals surface area contributed by atoms with E-state index in [-0.39, 0.29) is 6.10 Å². The van der Waals surface area contributed by atoms with Crippen LogP contribution in [-0.2, 0) is 14.9 Å². The quantitative estimate of drug-likeness (QED) is 0.298. The van der Waals surface area contributed by atoms with Gasteiger partial charge in [0.05, 0.1) is 11.6 Å². The Bertz CT molecular complexity index is 1340. The summed E-state index contributed by atoms with van der Waals surface area (Å²) < 4.78 is 9.77. The molecular weight excluding hydrogens is 460 g/mol. The zero-order valence-corrected chi connectivity index (χ0v) is 19.9. The van der Waals surface area contributed by atoms with Crippen molar-refractivity contribution in [3.63, 3.8) is 0 Å². The van der Waals surface area contributed by atoms with Gasteiger partial charge in [0.2, 0.25) is 0 Å². The van der Waals surface area contributed by atoms with Crippen LogP contribution in [0.15, 0.2) is 85.1 Å². The molecule has 3 aromatic carbocycles. The third-order valence-corrected chi connectivity index (χ3v) is 7.18. The van der Waals surface area contributed by atoms with Gasteiger partial charge in [0.25, 0.3) is 0 Å². The molecule has 0 bridgehead atoms. The van der Waals surface area contributed by atoms with Crippen molar-refractivity contribution in [3.8, 4) is 22.3 Å². The molecule has 5 rings (SSSR count). The number of carbonyl (C=O) groups excluding carboxylic acids is 1. The summed E-state index contributed by atoms with van der Waals surface area (Å²) in [6.07, 6.45) is 2.22. The summed E-state index contributed by atoms with van der Waals surface area (Å²) in [6, 6.07) is 25.3. The number of carboxylic acid groups (broad SMARTS) is 1. The normalized spacial score (nSPS) is 14.7. The topological polar surface area (TPSA) is 88.5 Å². The van der Waals surface area contributed by atoms with Gasteiger partial charge in [-0.15, -0.1) is 0 Å². The molecule has 1 atom stereocenters. The van der Waals surface area contributed by atoms with E-state index in [1.807, 2.05) is 85.8 Å². The first-order valence-corrected chi connectivity index (χ1v) is 12.2. The Hall–Kier alpha value is -3.97. The summed E-state index contributed by atoms with van der Waals surface area (Å²) >= 11 is 1.20. The number of amides is 1. The van der Waals surface area contributed by atoms with Gasteiger partial charge in [0, 0.05) is 5.56 Å². The largest absolute Gasteiger partial charge is 0.481 e. The molecule has 7 heteroatoms.